The first kappa shape index (κ1) is 21.4. The third-order valence-corrected chi connectivity index (χ3v) is 4.95. The Morgan fingerprint density at radius 1 is 1.07 bits per heavy atom. The van der Waals surface area contributed by atoms with E-state index in [9.17, 15) is 14.4 Å². The van der Waals surface area contributed by atoms with Crippen molar-refractivity contribution in [2.45, 2.75) is 39.3 Å². The van der Waals surface area contributed by atoms with Crippen LogP contribution in [0.25, 0.3) is 10.9 Å². The fraction of sp³-hybridized carbons (Fsp3) is 0.273. The highest BCUT2D eigenvalue weighted by Crippen LogP contribution is 2.11. The number of para-hydroxylation sites is 1. The van der Waals surface area contributed by atoms with Gasteiger partial charge in [0.2, 0.25) is 11.8 Å². The molecule has 0 bridgehead atoms. The van der Waals surface area contributed by atoms with Gasteiger partial charge in [-0.2, -0.15) is 0 Å². The van der Waals surface area contributed by atoms with Gasteiger partial charge in [-0.15, -0.1) is 0 Å². The van der Waals surface area contributed by atoms with Crippen LogP contribution in [0.2, 0.25) is 0 Å². The second-order valence-electron chi connectivity index (χ2n) is 6.96. The SMILES string of the molecule is CCCC(=O)Nc1cccc(CNC(=O)CCn2c(=S)[nH]c3ccccc3c2=O)c1. The summed E-state index contributed by atoms with van der Waals surface area (Å²) in [5.41, 5.74) is 2.05. The first-order valence-corrected chi connectivity index (χ1v) is 10.3. The molecule has 0 aliphatic rings. The maximum absolute atomic E-state index is 12.6. The van der Waals surface area contributed by atoms with Gasteiger partial charge in [0.1, 0.15) is 0 Å². The van der Waals surface area contributed by atoms with Gasteiger partial charge in [-0.05, 0) is 48.5 Å². The highest BCUT2D eigenvalue weighted by Gasteiger charge is 2.08. The van der Waals surface area contributed by atoms with Gasteiger partial charge in [-0.25, -0.2) is 0 Å². The van der Waals surface area contributed by atoms with Crippen molar-refractivity contribution in [3.63, 3.8) is 0 Å². The fourth-order valence-corrected chi connectivity index (χ4v) is 3.40. The molecule has 2 amide bonds. The minimum atomic E-state index is -0.210. The van der Waals surface area contributed by atoms with Crippen LogP contribution in [0.3, 0.4) is 0 Å². The zero-order valence-electron chi connectivity index (χ0n) is 16.7. The number of hydrogen-bond acceptors (Lipinski definition) is 4. The second-order valence-corrected chi connectivity index (χ2v) is 7.34. The Bertz CT molecular complexity index is 1180. The number of nitrogens with zero attached hydrogens (tertiary/aromatic N) is 1. The van der Waals surface area contributed by atoms with E-state index in [4.69, 9.17) is 12.2 Å². The molecule has 0 aliphatic heterocycles. The summed E-state index contributed by atoms with van der Waals surface area (Å²) < 4.78 is 1.70. The molecule has 7 nitrogen and oxygen atoms in total. The molecule has 8 heteroatoms. The number of benzene rings is 2. The molecular weight excluding hydrogens is 400 g/mol. The van der Waals surface area contributed by atoms with Crippen LogP contribution in [0, 0.1) is 4.77 Å². The summed E-state index contributed by atoms with van der Waals surface area (Å²) in [5.74, 6) is -0.221. The lowest BCUT2D eigenvalue weighted by atomic mass is 10.2. The van der Waals surface area contributed by atoms with Gasteiger partial charge in [-0.3, -0.25) is 19.0 Å². The summed E-state index contributed by atoms with van der Waals surface area (Å²) in [5, 5.41) is 6.22. The van der Waals surface area contributed by atoms with Gasteiger partial charge in [0, 0.05) is 31.6 Å². The van der Waals surface area contributed by atoms with Gasteiger partial charge in [0.15, 0.2) is 4.77 Å². The molecule has 3 aromatic rings. The summed E-state index contributed by atoms with van der Waals surface area (Å²) in [6.45, 7) is 2.47. The molecule has 30 heavy (non-hydrogen) atoms. The average molecular weight is 425 g/mol. The van der Waals surface area contributed by atoms with E-state index in [1.165, 1.54) is 4.57 Å². The van der Waals surface area contributed by atoms with Crippen LogP contribution in [0.15, 0.2) is 53.3 Å². The lowest BCUT2D eigenvalue weighted by Crippen LogP contribution is -2.28. The Balaban J connectivity index is 1.58. The quantitative estimate of drug-likeness (QED) is 0.482. The average Bonchev–Trinajstić information content (AvgIpc) is 2.72. The third-order valence-electron chi connectivity index (χ3n) is 4.63. The van der Waals surface area contributed by atoms with E-state index in [-0.39, 0.29) is 30.3 Å². The Hall–Kier alpha value is -3.26. The maximum atomic E-state index is 12.6. The molecule has 0 unspecified atom stereocenters. The number of aromatic nitrogens is 2. The highest BCUT2D eigenvalue weighted by atomic mass is 32.1. The van der Waals surface area contributed by atoms with Gasteiger partial charge < -0.3 is 15.6 Å². The molecule has 0 aliphatic carbocycles. The first-order valence-electron chi connectivity index (χ1n) is 9.85. The molecule has 0 atom stereocenters. The summed E-state index contributed by atoms with van der Waals surface area (Å²) >= 11 is 5.27. The van der Waals surface area contributed by atoms with Crippen molar-refractivity contribution in [1.29, 1.82) is 0 Å². The standard InChI is InChI=1S/C22H24N4O3S/c1-2-6-20(28)24-16-8-5-7-15(13-16)14-23-19(27)11-12-26-21(29)17-9-3-4-10-18(17)25-22(26)30/h3-5,7-10,13H,2,6,11-12,14H2,1H3,(H,23,27)(H,24,28)(H,25,30). The van der Waals surface area contributed by atoms with Crippen LogP contribution >= 0.6 is 12.2 Å². The molecule has 156 valence electrons. The minimum Gasteiger partial charge on any atom is -0.352 e. The zero-order valence-corrected chi connectivity index (χ0v) is 17.6. The van der Waals surface area contributed by atoms with Crippen LogP contribution in [-0.2, 0) is 22.7 Å². The minimum absolute atomic E-state index is 0.0314. The van der Waals surface area contributed by atoms with E-state index >= 15 is 0 Å². The van der Waals surface area contributed by atoms with Crippen LogP contribution in [0.1, 0.15) is 31.7 Å². The van der Waals surface area contributed by atoms with E-state index in [1.807, 2.05) is 37.3 Å². The van der Waals surface area contributed by atoms with Gasteiger partial charge in [-0.1, -0.05) is 31.2 Å². The number of rotatable bonds is 8. The van der Waals surface area contributed by atoms with E-state index in [2.05, 4.69) is 15.6 Å². The van der Waals surface area contributed by atoms with E-state index < -0.39 is 0 Å². The van der Waals surface area contributed by atoms with Crippen LogP contribution in [0.4, 0.5) is 5.69 Å². The molecule has 0 saturated heterocycles. The molecule has 0 radical (unpaired) electrons. The molecule has 3 rings (SSSR count). The van der Waals surface area contributed by atoms with Crippen molar-refractivity contribution < 1.29 is 9.59 Å². The van der Waals surface area contributed by atoms with Gasteiger partial charge in [0.05, 0.1) is 10.9 Å². The Labute approximate surface area is 179 Å². The van der Waals surface area contributed by atoms with Crippen molar-refractivity contribution in [3.05, 3.63) is 69.2 Å². The molecule has 2 aromatic carbocycles. The number of carbonyl (C=O) groups excluding carboxylic acids is 2. The Morgan fingerprint density at radius 3 is 2.67 bits per heavy atom. The molecule has 1 aromatic heterocycles. The predicted octanol–water partition coefficient (Wildman–Crippen LogP) is 3.50. The number of nitrogens with one attached hydrogen (secondary N) is 3. The molecule has 1 heterocycles. The first-order chi connectivity index (χ1) is 14.5. The number of amides is 2. The summed E-state index contributed by atoms with van der Waals surface area (Å²) in [7, 11) is 0. The fourth-order valence-electron chi connectivity index (χ4n) is 3.11. The van der Waals surface area contributed by atoms with Crippen LogP contribution in [-0.4, -0.2) is 21.4 Å². The monoisotopic (exact) mass is 424 g/mol. The highest BCUT2D eigenvalue weighted by molar-refractivity contribution is 7.71. The number of fused-ring (bicyclic) bond motifs is 1. The molecule has 0 saturated carbocycles. The Morgan fingerprint density at radius 2 is 1.87 bits per heavy atom. The molecule has 3 N–H and O–H groups in total. The number of anilines is 1. The molecule has 0 fully saturated rings. The van der Waals surface area contributed by atoms with E-state index in [1.54, 1.807) is 18.2 Å². The third kappa shape index (κ3) is 5.42. The van der Waals surface area contributed by atoms with Crippen molar-refractivity contribution in [3.8, 4) is 0 Å². The number of hydrogen-bond donors (Lipinski definition) is 3. The normalized spacial score (nSPS) is 10.7. The Kier molecular flexibility index (Phi) is 7.13. The molecule has 0 spiro atoms. The van der Waals surface area contributed by atoms with Crippen LogP contribution in [0.5, 0.6) is 0 Å². The largest absolute Gasteiger partial charge is 0.352 e. The van der Waals surface area contributed by atoms with Crippen molar-refractivity contribution in [2.24, 2.45) is 0 Å². The zero-order chi connectivity index (χ0) is 21.5. The number of H-pyrrole nitrogens is 1. The van der Waals surface area contributed by atoms with Crippen molar-refractivity contribution >= 4 is 40.6 Å². The van der Waals surface area contributed by atoms with Gasteiger partial charge >= 0.3 is 0 Å². The van der Waals surface area contributed by atoms with Gasteiger partial charge in [0.25, 0.3) is 5.56 Å². The number of carbonyl (C=O) groups is 2. The summed E-state index contributed by atoms with van der Waals surface area (Å²) in [6.07, 6.45) is 1.38. The number of aromatic amines is 1. The van der Waals surface area contributed by atoms with Crippen molar-refractivity contribution in [1.82, 2.24) is 14.9 Å². The smallest absolute Gasteiger partial charge is 0.262 e. The second kappa shape index (κ2) is 9.98. The predicted molar refractivity (Wildman–Crippen MR) is 120 cm³/mol. The summed E-state index contributed by atoms with van der Waals surface area (Å²) in [6, 6.07) is 14.5. The molecular formula is C22H24N4O3S. The van der Waals surface area contributed by atoms with E-state index in [0.29, 0.717) is 34.3 Å². The topological polar surface area (TPSA) is 96.0 Å². The summed E-state index contributed by atoms with van der Waals surface area (Å²) in [4.78, 5) is 39.7. The van der Waals surface area contributed by atoms with Crippen LogP contribution < -0.4 is 16.2 Å². The van der Waals surface area contributed by atoms with Crippen molar-refractivity contribution in [2.75, 3.05) is 5.32 Å². The lowest BCUT2D eigenvalue weighted by molar-refractivity contribution is -0.121. The lowest BCUT2D eigenvalue weighted by Gasteiger charge is -2.10. The maximum Gasteiger partial charge on any atom is 0.262 e. The van der Waals surface area contributed by atoms with E-state index in [0.717, 1.165) is 12.0 Å².